The van der Waals surface area contributed by atoms with Crippen LogP contribution in [0.2, 0.25) is 0 Å². The number of rotatable bonds is 6. The van der Waals surface area contributed by atoms with Crippen LogP contribution in [0.25, 0.3) is 5.69 Å². The van der Waals surface area contributed by atoms with Crippen LogP contribution in [-0.4, -0.2) is 20.3 Å². The van der Waals surface area contributed by atoms with Crippen LogP contribution in [0.1, 0.15) is 40.1 Å². The number of nitrogens with one attached hydrogen (secondary N) is 1. The van der Waals surface area contributed by atoms with E-state index in [2.05, 4.69) is 10.4 Å². The van der Waals surface area contributed by atoms with E-state index in [1.54, 1.807) is 37.3 Å². The molecule has 1 N–H and O–H groups in total. The van der Waals surface area contributed by atoms with Crippen LogP contribution in [0.4, 0.5) is 4.39 Å². The van der Waals surface area contributed by atoms with Gasteiger partial charge in [-0.25, -0.2) is 9.18 Å². The van der Waals surface area contributed by atoms with Crippen LogP contribution in [0, 0.1) is 12.7 Å². The summed E-state index contributed by atoms with van der Waals surface area (Å²) in [4.78, 5) is 39.5. The zero-order valence-electron chi connectivity index (χ0n) is 18.7. The third-order valence-electron chi connectivity index (χ3n) is 5.43. The van der Waals surface area contributed by atoms with Crippen LogP contribution in [0.5, 0.6) is 0 Å². The number of aryl methyl sites for hydroxylation is 1. The molecule has 0 saturated carbocycles. The fourth-order valence-corrected chi connectivity index (χ4v) is 3.56. The van der Waals surface area contributed by atoms with E-state index in [-0.39, 0.29) is 6.54 Å². The maximum atomic E-state index is 13.7. The largest absolute Gasteiger partial charge is 0.352 e. The highest BCUT2D eigenvalue weighted by Gasteiger charge is 2.22. The van der Waals surface area contributed by atoms with Gasteiger partial charge in [0.2, 0.25) is 5.69 Å². The predicted octanol–water partition coefficient (Wildman–Crippen LogP) is 3.38. The number of halogens is 1. The Labute approximate surface area is 195 Å². The summed E-state index contributed by atoms with van der Waals surface area (Å²) in [5, 5.41) is 6.89. The van der Waals surface area contributed by atoms with Crippen molar-refractivity contribution in [2.45, 2.75) is 26.4 Å². The molecular weight excluding hydrogens is 435 g/mol. The van der Waals surface area contributed by atoms with Crippen molar-refractivity contribution in [3.05, 3.63) is 128 Å². The number of hydrogen-bond donors (Lipinski definition) is 1. The fourth-order valence-electron chi connectivity index (χ4n) is 3.56. The Morgan fingerprint density at radius 2 is 1.71 bits per heavy atom. The molecule has 34 heavy (non-hydrogen) atoms. The van der Waals surface area contributed by atoms with Crippen LogP contribution >= 0.6 is 0 Å². The highest BCUT2D eigenvalue weighted by Crippen LogP contribution is 2.12. The minimum Gasteiger partial charge on any atom is -0.344 e. The molecule has 4 aromatic rings. The average molecular weight is 458 g/mol. The van der Waals surface area contributed by atoms with E-state index < -0.39 is 34.7 Å². The zero-order valence-corrected chi connectivity index (χ0v) is 18.7. The monoisotopic (exact) mass is 458 g/mol. The van der Waals surface area contributed by atoms with Gasteiger partial charge in [-0.2, -0.15) is 9.78 Å². The molecule has 3 aromatic carbocycles. The Morgan fingerprint density at radius 1 is 1.00 bits per heavy atom. The molecule has 0 fully saturated rings. The maximum absolute atomic E-state index is 13.7. The molecule has 1 amide bonds. The van der Waals surface area contributed by atoms with Gasteiger partial charge in [0, 0.05) is 0 Å². The van der Waals surface area contributed by atoms with Gasteiger partial charge in [-0.05, 0) is 49.2 Å². The molecule has 0 saturated heterocycles. The van der Waals surface area contributed by atoms with Crippen molar-refractivity contribution in [1.29, 1.82) is 0 Å². The number of hydrogen-bond acceptors (Lipinski definition) is 4. The molecule has 0 spiro atoms. The zero-order chi connectivity index (χ0) is 24.2. The van der Waals surface area contributed by atoms with E-state index in [0.717, 1.165) is 20.4 Å². The van der Waals surface area contributed by atoms with Gasteiger partial charge in [-0.3, -0.25) is 14.2 Å². The number of carbonyl (C=O) groups excluding carboxylic acids is 1. The van der Waals surface area contributed by atoms with Crippen LogP contribution in [-0.2, 0) is 6.54 Å². The topological polar surface area (TPSA) is 86.0 Å². The van der Waals surface area contributed by atoms with Crippen LogP contribution in [0.15, 0.2) is 88.5 Å². The highest BCUT2D eigenvalue weighted by molar-refractivity contribution is 5.92. The van der Waals surface area contributed by atoms with Crippen molar-refractivity contribution in [2.75, 3.05) is 0 Å². The second kappa shape index (κ2) is 9.66. The van der Waals surface area contributed by atoms with E-state index in [4.69, 9.17) is 0 Å². The van der Waals surface area contributed by atoms with E-state index in [1.165, 1.54) is 18.2 Å². The Kier molecular flexibility index (Phi) is 6.49. The van der Waals surface area contributed by atoms with Gasteiger partial charge < -0.3 is 5.32 Å². The van der Waals surface area contributed by atoms with Gasteiger partial charge in [-0.1, -0.05) is 60.2 Å². The third kappa shape index (κ3) is 4.85. The molecule has 4 rings (SSSR count). The molecule has 0 unspecified atom stereocenters. The first-order valence-corrected chi connectivity index (χ1v) is 10.7. The average Bonchev–Trinajstić information content (AvgIpc) is 2.83. The summed E-state index contributed by atoms with van der Waals surface area (Å²) < 4.78 is 15.6. The number of carbonyl (C=O) groups is 1. The summed E-state index contributed by atoms with van der Waals surface area (Å²) in [7, 11) is 0. The molecule has 1 atom stereocenters. The van der Waals surface area contributed by atoms with Crippen molar-refractivity contribution >= 4 is 5.91 Å². The molecule has 0 radical (unpaired) electrons. The smallest absolute Gasteiger partial charge is 0.344 e. The third-order valence-corrected chi connectivity index (χ3v) is 5.43. The van der Waals surface area contributed by atoms with E-state index in [0.29, 0.717) is 11.3 Å². The van der Waals surface area contributed by atoms with Crippen LogP contribution < -0.4 is 16.6 Å². The molecule has 172 valence electrons. The van der Waals surface area contributed by atoms with Crippen LogP contribution in [0.3, 0.4) is 0 Å². The van der Waals surface area contributed by atoms with Crippen molar-refractivity contribution in [1.82, 2.24) is 19.7 Å². The van der Waals surface area contributed by atoms with Crippen molar-refractivity contribution < 1.29 is 9.18 Å². The summed E-state index contributed by atoms with van der Waals surface area (Å²) in [6.07, 6.45) is 0. The number of aromatic nitrogens is 3. The lowest BCUT2D eigenvalue weighted by Gasteiger charge is -2.16. The molecule has 0 bridgehead atoms. The summed E-state index contributed by atoms with van der Waals surface area (Å²) in [6.45, 7) is 3.47. The summed E-state index contributed by atoms with van der Waals surface area (Å²) in [5.41, 5.74) is 0.612. The quantitative estimate of drug-likeness (QED) is 0.480. The van der Waals surface area contributed by atoms with Gasteiger partial charge >= 0.3 is 5.69 Å². The van der Waals surface area contributed by atoms with E-state index >= 15 is 0 Å². The SMILES string of the molecule is Cc1ccc(-n2nc(C(=O)N[C@@H](C)c3ccccc3)c(=O)n(Cc3cccc(F)c3)c2=O)cc1. The highest BCUT2D eigenvalue weighted by atomic mass is 19.1. The molecule has 7 nitrogen and oxygen atoms in total. The standard InChI is InChI=1S/C26H23FN4O3/c1-17-11-13-22(14-12-17)31-26(34)30(16-19-7-6-10-21(27)15-19)25(33)23(29-31)24(32)28-18(2)20-8-4-3-5-9-20/h3-15,18H,16H2,1-2H3,(H,28,32)/t18-/m0/s1. The number of nitrogens with zero attached hydrogens (tertiary/aromatic N) is 3. The van der Waals surface area contributed by atoms with Crippen molar-refractivity contribution in [3.8, 4) is 5.69 Å². The minimum atomic E-state index is -0.851. The van der Waals surface area contributed by atoms with Gasteiger partial charge in [-0.15, -0.1) is 0 Å². The molecule has 0 aliphatic rings. The molecule has 0 aliphatic carbocycles. The summed E-state index contributed by atoms with van der Waals surface area (Å²) in [6, 6.07) is 21.4. The summed E-state index contributed by atoms with van der Waals surface area (Å²) in [5.74, 6) is -1.21. The molecule has 8 heteroatoms. The lowest BCUT2D eigenvalue weighted by molar-refractivity contribution is 0.0930. The second-order valence-corrected chi connectivity index (χ2v) is 8.01. The Hall–Kier alpha value is -4.33. The van der Waals surface area contributed by atoms with Gasteiger partial charge in [0.25, 0.3) is 11.5 Å². The van der Waals surface area contributed by atoms with E-state index in [1.807, 2.05) is 37.3 Å². The molecule has 1 heterocycles. The predicted molar refractivity (Wildman–Crippen MR) is 127 cm³/mol. The lowest BCUT2D eigenvalue weighted by atomic mass is 10.1. The lowest BCUT2D eigenvalue weighted by Crippen LogP contribution is -2.46. The Morgan fingerprint density at radius 3 is 2.38 bits per heavy atom. The molecule has 0 aliphatic heterocycles. The first-order valence-electron chi connectivity index (χ1n) is 10.7. The summed E-state index contributed by atoms with van der Waals surface area (Å²) >= 11 is 0. The molecular formula is C26H23FN4O3. The van der Waals surface area contributed by atoms with Crippen molar-refractivity contribution in [3.63, 3.8) is 0 Å². The maximum Gasteiger partial charge on any atom is 0.352 e. The Bertz CT molecular complexity index is 1440. The number of benzene rings is 3. The first kappa shape index (κ1) is 22.8. The van der Waals surface area contributed by atoms with Crippen molar-refractivity contribution in [2.24, 2.45) is 0 Å². The normalized spacial score (nSPS) is 11.7. The van der Waals surface area contributed by atoms with Gasteiger partial charge in [0.1, 0.15) is 5.82 Å². The fraction of sp³-hybridized carbons (Fsp3) is 0.154. The second-order valence-electron chi connectivity index (χ2n) is 8.01. The molecule has 1 aromatic heterocycles. The minimum absolute atomic E-state index is 0.210. The van der Waals surface area contributed by atoms with Gasteiger partial charge in [0.05, 0.1) is 18.3 Å². The Balaban J connectivity index is 1.81. The van der Waals surface area contributed by atoms with E-state index in [9.17, 15) is 18.8 Å². The first-order chi connectivity index (χ1) is 16.3. The number of amides is 1. The van der Waals surface area contributed by atoms with Gasteiger partial charge in [0.15, 0.2) is 0 Å².